The van der Waals surface area contributed by atoms with Gasteiger partial charge in [-0.25, -0.2) is 8.42 Å². The van der Waals surface area contributed by atoms with Gasteiger partial charge in [-0.3, -0.25) is 9.52 Å². The van der Waals surface area contributed by atoms with E-state index in [0.29, 0.717) is 23.7 Å². The van der Waals surface area contributed by atoms with Crippen LogP contribution in [0.1, 0.15) is 19.8 Å². The largest absolute Gasteiger partial charge is 0.494 e. The van der Waals surface area contributed by atoms with Crippen LogP contribution in [0.15, 0.2) is 18.2 Å². The predicted molar refractivity (Wildman–Crippen MR) is 90.3 cm³/mol. The Kier molecular flexibility index (Phi) is 5.84. The Balaban J connectivity index is 2.10. The third-order valence-corrected chi connectivity index (χ3v) is 5.07. The second kappa shape index (κ2) is 7.65. The van der Waals surface area contributed by atoms with Gasteiger partial charge in [-0.05, 0) is 38.4 Å². The zero-order valence-electron chi connectivity index (χ0n) is 13.4. The summed E-state index contributed by atoms with van der Waals surface area (Å²) >= 11 is 0. The molecule has 1 aliphatic rings. The van der Waals surface area contributed by atoms with E-state index in [1.807, 2.05) is 0 Å². The second-order valence-electron chi connectivity index (χ2n) is 5.45. The van der Waals surface area contributed by atoms with Gasteiger partial charge in [0.2, 0.25) is 15.9 Å². The van der Waals surface area contributed by atoms with E-state index in [1.54, 1.807) is 25.1 Å². The third kappa shape index (κ3) is 4.84. The van der Waals surface area contributed by atoms with Gasteiger partial charge in [0.25, 0.3) is 0 Å². The molecule has 0 aliphatic carbocycles. The van der Waals surface area contributed by atoms with Gasteiger partial charge in [-0.15, -0.1) is 0 Å². The van der Waals surface area contributed by atoms with E-state index in [0.717, 1.165) is 19.4 Å². The molecule has 0 bridgehead atoms. The van der Waals surface area contributed by atoms with E-state index in [1.165, 1.54) is 7.11 Å². The first kappa shape index (κ1) is 17.6. The number of nitrogens with one attached hydrogen (secondary N) is 3. The van der Waals surface area contributed by atoms with Crippen molar-refractivity contribution < 1.29 is 17.9 Å². The molecule has 3 N–H and O–H groups in total. The number of amides is 1. The zero-order valence-corrected chi connectivity index (χ0v) is 14.2. The Hall–Kier alpha value is -1.80. The maximum absolute atomic E-state index is 12.2. The summed E-state index contributed by atoms with van der Waals surface area (Å²) in [6.45, 7) is 3.18. The molecule has 2 rings (SSSR count). The molecule has 0 radical (unpaired) electrons. The number of rotatable bonds is 6. The molecule has 1 saturated heterocycles. The molecule has 7 nitrogen and oxygen atoms in total. The van der Waals surface area contributed by atoms with Gasteiger partial charge in [0.1, 0.15) is 5.75 Å². The van der Waals surface area contributed by atoms with Crippen LogP contribution in [0.5, 0.6) is 5.75 Å². The number of hydrogen-bond acceptors (Lipinski definition) is 5. The molecule has 1 fully saturated rings. The van der Waals surface area contributed by atoms with Crippen LogP contribution in [0.25, 0.3) is 0 Å². The van der Waals surface area contributed by atoms with Crippen LogP contribution in [-0.4, -0.2) is 40.3 Å². The van der Waals surface area contributed by atoms with Crippen molar-refractivity contribution in [2.75, 3.05) is 36.0 Å². The highest BCUT2D eigenvalue weighted by Crippen LogP contribution is 2.29. The predicted octanol–water partition coefficient (Wildman–Crippen LogP) is 1.39. The molecular formula is C15H23N3O4S. The number of sulfonamides is 1. The maximum Gasteiger partial charge on any atom is 0.232 e. The van der Waals surface area contributed by atoms with Gasteiger partial charge in [-0.2, -0.15) is 0 Å². The molecule has 0 saturated carbocycles. The normalized spacial score (nSPS) is 18.3. The van der Waals surface area contributed by atoms with E-state index in [9.17, 15) is 13.2 Å². The van der Waals surface area contributed by atoms with Crippen molar-refractivity contribution in [3.8, 4) is 5.75 Å². The van der Waals surface area contributed by atoms with Crippen molar-refractivity contribution in [1.82, 2.24) is 5.32 Å². The highest BCUT2D eigenvalue weighted by Gasteiger charge is 2.21. The third-order valence-electron chi connectivity index (χ3n) is 3.78. The van der Waals surface area contributed by atoms with Gasteiger partial charge in [-0.1, -0.05) is 0 Å². The van der Waals surface area contributed by atoms with Crippen LogP contribution < -0.4 is 20.1 Å². The molecule has 1 atom stereocenters. The lowest BCUT2D eigenvalue weighted by Gasteiger charge is -2.22. The second-order valence-corrected chi connectivity index (χ2v) is 7.46. The SMILES string of the molecule is CCS(=O)(=O)Nc1ccc(NC(=O)C2CCCNC2)cc1OC. The Morgan fingerprint density at radius 2 is 2.22 bits per heavy atom. The van der Waals surface area contributed by atoms with Gasteiger partial charge in [0, 0.05) is 18.3 Å². The first-order chi connectivity index (χ1) is 10.9. The first-order valence-electron chi connectivity index (χ1n) is 7.65. The average molecular weight is 341 g/mol. The Morgan fingerprint density at radius 3 is 2.83 bits per heavy atom. The summed E-state index contributed by atoms with van der Waals surface area (Å²) in [5, 5.41) is 6.06. The molecule has 1 heterocycles. The Labute approximate surface area is 136 Å². The van der Waals surface area contributed by atoms with Crippen LogP contribution in [-0.2, 0) is 14.8 Å². The van der Waals surface area contributed by atoms with E-state index in [-0.39, 0.29) is 17.6 Å². The number of carbonyl (C=O) groups excluding carboxylic acids is 1. The van der Waals surface area contributed by atoms with Gasteiger partial charge in [0.15, 0.2) is 0 Å². The number of piperidine rings is 1. The van der Waals surface area contributed by atoms with Crippen molar-refractivity contribution in [2.45, 2.75) is 19.8 Å². The lowest BCUT2D eigenvalue weighted by atomic mass is 9.99. The van der Waals surface area contributed by atoms with Crippen molar-refractivity contribution in [2.24, 2.45) is 5.92 Å². The van der Waals surface area contributed by atoms with Crippen LogP contribution in [0.3, 0.4) is 0 Å². The minimum Gasteiger partial charge on any atom is -0.494 e. The molecule has 0 spiro atoms. The quantitative estimate of drug-likeness (QED) is 0.727. The minimum absolute atomic E-state index is 0.0245. The summed E-state index contributed by atoms with van der Waals surface area (Å²) in [4.78, 5) is 12.2. The summed E-state index contributed by atoms with van der Waals surface area (Å²) in [6.07, 6.45) is 1.85. The smallest absolute Gasteiger partial charge is 0.232 e. The number of methoxy groups -OCH3 is 1. The summed E-state index contributed by atoms with van der Waals surface area (Å²) in [5.74, 6) is 0.249. The van der Waals surface area contributed by atoms with E-state index >= 15 is 0 Å². The fourth-order valence-electron chi connectivity index (χ4n) is 2.41. The van der Waals surface area contributed by atoms with Crippen molar-refractivity contribution in [3.63, 3.8) is 0 Å². The molecule has 23 heavy (non-hydrogen) atoms. The number of anilines is 2. The summed E-state index contributed by atoms with van der Waals surface area (Å²) in [5.41, 5.74) is 0.934. The minimum atomic E-state index is -3.38. The standard InChI is InChI=1S/C15H23N3O4S/c1-3-23(20,21)18-13-7-6-12(9-14(13)22-2)17-15(19)11-5-4-8-16-10-11/h6-7,9,11,16,18H,3-5,8,10H2,1-2H3,(H,17,19). The van der Waals surface area contributed by atoms with E-state index < -0.39 is 10.0 Å². The van der Waals surface area contributed by atoms with Gasteiger partial charge in [0.05, 0.1) is 24.5 Å². The molecule has 128 valence electrons. The fraction of sp³-hybridized carbons (Fsp3) is 0.533. The van der Waals surface area contributed by atoms with E-state index in [2.05, 4.69) is 15.4 Å². The molecule has 1 aromatic carbocycles. The molecule has 1 unspecified atom stereocenters. The highest BCUT2D eigenvalue weighted by molar-refractivity contribution is 7.92. The number of benzene rings is 1. The van der Waals surface area contributed by atoms with Gasteiger partial charge < -0.3 is 15.4 Å². The molecule has 1 amide bonds. The van der Waals surface area contributed by atoms with Crippen LogP contribution in [0, 0.1) is 5.92 Å². The molecule has 0 aromatic heterocycles. The lowest BCUT2D eigenvalue weighted by molar-refractivity contribution is -0.120. The van der Waals surface area contributed by atoms with Crippen LogP contribution in [0.2, 0.25) is 0 Å². The molecular weight excluding hydrogens is 318 g/mol. The molecule has 8 heteroatoms. The number of hydrogen-bond donors (Lipinski definition) is 3. The average Bonchev–Trinajstić information content (AvgIpc) is 2.56. The summed E-state index contributed by atoms with van der Waals surface area (Å²) in [6, 6.07) is 4.85. The van der Waals surface area contributed by atoms with E-state index in [4.69, 9.17) is 4.74 Å². The first-order valence-corrected chi connectivity index (χ1v) is 9.30. The molecule has 1 aromatic rings. The zero-order chi connectivity index (χ0) is 16.9. The Morgan fingerprint density at radius 1 is 1.43 bits per heavy atom. The van der Waals surface area contributed by atoms with Crippen molar-refractivity contribution in [1.29, 1.82) is 0 Å². The lowest BCUT2D eigenvalue weighted by Crippen LogP contribution is -2.37. The van der Waals surface area contributed by atoms with Crippen molar-refractivity contribution in [3.05, 3.63) is 18.2 Å². The van der Waals surface area contributed by atoms with Crippen LogP contribution in [0.4, 0.5) is 11.4 Å². The fourth-order valence-corrected chi connectivity index (χ4v) is 3.06. The number of carbonyl (C=O) groups is 1. The number of ether oxygens (including phenoxy) is 1. The summed E-state index contributed by atoms with van der Waals surface area (Å²) in [7, 11) is -1.93. The Bertz CT molecular complexity index is 655. The highest BCUT2D eigenvalue weighted by atomic mass is 32.2. The molecule has 1 aliphatic heterocycles. The topological polar surface area (TPSA) is 96.5 Å². The maximum atomic E-state index is 12.2. The van der Waals surface area contributed by atoms with Crippen molar-refractivity contribution >= 4 is 27.3 Å². The monoisotopic (exact) mass is 341 g/mol. The van der Waals surface area contributed by atoms with Crippen LogP contribution >= 0.6 is 0 Å². The summed E-state index contributed by atoms with van der Waals surface area (Å²) < 4.78 is 31.0. The van der Waals surface area contributed by atoms with Gasteiger partial charge >= 0.3 is 0 Å².